The maximum Gasteiger partial charge on any atom is 0.224 e. The number of halogens is 1. The van der Waals surface area contributed by atoms with Crippen LogP contribution < -0.4 is 10.6 Å². The molecule has 1 aliphatic carbocycles. The minimum absolute atomic E-state index is 0.143. The summed E-state index contributed by atoms with van der Waals surface area (Å²) in [6, 6.07) is 2.26. The van der Waals surface area contributed by atoms with Crippen molar-refractivity contribution in [3.05, 3.63) is 33.9 Å². The van der Waals surface area contributed by atoms with Crippen LogP contribution in [0.2, 0.25) is 0 Å². The van der Waals surface area contributed by atoms with Crippen LogP contribution in [-0.4, -0.2) is 17.0 Å². The first kappa shape index (κ1) is 12.3. The lowest BCUT2D eigenvalue weighted by atomic mass is 9.94. The van der Waals surface area contributed by atoms with Crippen LogP contribution in [0.3, 0.4) is 0 Å². The molecule has 2 heterocycles. The van der Waals surface area contributed by atoms with Gasteiger partial charge in [-0.2, -0.15) is 4.98 Å². The number of thiophene rings is 1. The molecule has 0 aliphatic heterocycles. The lowest BCUT2D eigenvalue weighted by Crippen LogP contribution is -2.17. The van der Waals surface area contributed by atoms with E-state index in [1.54, 1.807) is 18.4 Å². The Balaban J connectivity index is 1.87. The van der Waals surface area contributed by atoms with Crippen LogP contribution >= 0.6 is 11.3 Å². The lowest BCUT2D eigenvalue weighted by Gasteiger charge is -2.24. The number of nitrogens with zero attached hydrogens (tertiary/aromatic N) is 2. The number of aromatic nitrogens is 2. The van der Waals surface area contributed by atoms with Gasteiger partial charge in [0.05, 0.1) is 12.2 Å². The molecule has 1 unspecified atom stereocenters. The molecule has 0 amide bonds. The minimum atomic E-state index is -0.415. The van der Waals surface area contributed by atoms with Gasteiger partial charge in [0, 0.05) is 11.9 Å². The van der Waals surface area contributed by atoms with E-state index in [1.807, 2.05) is 0 Å². The van der Waals surface area contributed by atoms with Gasteiger partial charge < -0.3 is 10.6 Å². The molecule has 0 saturated carbocycles. The Morgan fingerprint density at radius 2 is 2.37 bits per heavy atom. The fraction of sp³-hybridized carbons (Fsp3) is 0.385. The molecular weight excluding hydrogens is 263 g/mol. The van der Waals surface area contributed by atoms with Crippen LogP contribution in [0.1, 0.15) is 29.3 Å². The third kappa shape index (κ3) is 2.40. The van der Waals surface area contributed by atoms with Crippen LogP contribution in [0.5, 0.6) is 0 Å². The number of aryl methyl sites for hydroxylation is 1. The van der Waals surface area contributed by atoms with Gasteiger partial charge in [0.25, 0.3) is 0 Å². The predicted molar refractivity (Wildman–Crippen MR) is 75.2 cm³/mol. The lowest BCUT2D eigenvalue weighted by molar-refractivity contribution is 0.584. The van der Waals surface area contributed by atoms with Crippen molar-refractivity contribution in [2.45, 2.75) is 25.3 Å². The molecule has 0 spiro atoms. The van der Waals surface area contributed by atoms with Gasteiger partial charge in [0.2, 0.25) is 5.95 Å². The van der Waals surface area contributed by atoms with Crippen LogP contribution in [0.25, 0.3) is 0 Å². The topological polar surface area (TPSA) is 49.8 Å². The summed E-state index contributed by atoms with van der Waals surface area (Å²) in [5.41, 5.74) is 1.28. The standard InChI is InChI=1S/C13H15FN4S/c1-15-13-16-7-9(14)12(18-13)17-10-3-2-4-11-8(10)5-6-19-11/h5-7,10H,2-4H2,1H3,(H2,15,16,17,18). The molecule has 1 atom stereocenters. The number of hydrogen-bond donors (Lipinski definition) is 2. The Morgan fingerprint density at radius 1 is 1.47 bits per heavy atom. The van der Waals surface area contributed by atoms with Gasteiger partial charge in [0.15, 0.2) is 11.6 Å². The predicted octanol–water partition coefficient (Wildman–Crippen LogP) is 3.21. The van der Waals surface area contributed by atoms with E-state index in [2.05, 4.69) is 32.0 Å². The maximum absolute atomic E-state index is 13.8. The molecule has 6 heteroatoms. The van der Waals surface area contributed by atoms with E-state index in [0.717, 1.165) is 19.3 Å². The summed E-state index contributed by atoms with van der Waals surface area (Å²) in [5, 5.41) is 8.12. The Hall–Kier alpha value is -1.69. The molecule has 0 radical (unpaired) electrons. The second kappa shape index (κ2) is 5.13. The van der Waals surface area contributed by atoms with Gasteiger partial charge in [0.1, 0.15) is 0 Å². The number of fused-ring (bicyclic) bond motifs is 1. The maximum atomic E-state index is 13.8. The summed E-state index contributed by atoms with van der Waals surface area (Å²) in [4.78, 5) is 9.38. The first-order chi connectivity index (χ1) is 9.28. The van der Waals surface area contributed by atoms with Gasteiger partial charge in [-0.05, 0) is 36.3 Å². The van der Waals surface area contributed by atoms with E-state index in [1.165, 1.54) is 16.6 Å². The van der Waals surface area contributed by atoms with Gasteiger partial charge in [-0.15, -0.1) is 11.3 Å². The van der Waals surface area contributed by atoms with Crippen LogP contribution in [0.15, 0.2) is 17.6 Å². The fourth-order valence-electron chi connectivity index (χ4n) is 2.39. The first-order valence-electron chi connectivity index (χ1n) is 6.31. The number of rotatable bonds is 3. The largest absolute Gasteiger partial charge is 0.361 e. The first-order valence-corrected chi connectivity index (χ1v) is 7.19. The number of nitrogens with one attached hydrogen (secondary N) is 2. The Morgan fingerprint density at radius 3 is 3.21 bits per heavy atom. The van der Waals surface area contributed by atoms with E-state index in [0.29, 0.717) is 5.95 Å². The SMILES string of the molecule is CNc1ncc(F)c(NC2CCCc3sccc32)n1. The van der Waals surface area contributed by atoms with Crippen molar-refractivity contribution in [3.8, 4) is 0 Å². The number of hydrogen-bond acceptors (Lipinski definition) is 5. The molecule has 1 aliphatic rings. The molecule has 4 nitrogen and oxygen atoms in total. The van der Waals surface area contributed by atoms with E-state index in [-0.39, 0.29) is 11.9 Å². The zero-order valence-electron chi connectivity index (χ0n) is 10.6. The summed E-state index contributed by atoms with van der Waals surface area (Å²) in [6.45, 7) is 0. The quantitative estimate of drug-likeness (QED) is 0.905. The van der Waals surface area contributed by atoms with Crippen LogP contribution in [0, 0.1) is 5.82 Å². The molecule has 3 rings (SSSR count). The highest BCUT2D eigenvalue weighted by molar-refractivity contribution is 7.10. The summed E-state index contributed by atoms with van der Waals surface area (Å²) in [6.07, 6.45) is 4.44. The van der Waals surface area contributed by atoms with Crippen LogP contribution in [-0.2, 0) is 6.42 Å². The Labute approximate surface area is 115 Å². The highest BCUT2D eigenvalue weighted by atomic mass is 32.1. The zero-order chi connectivity index (χ0) is 13.2. The molecule has 0 aromatic carbocycles. The molecule has 0 saturated heterocycles. The summed E-state index contributed by atoms with van der Waals surface area (Å²) in [5.74, 6) is 0.273. The minimum Gasteiger partial charge on any atom is -0.361 e. The fourth-order valence-corrected chi connectivity index (χ4v) is 3.38. The normalized spacial score (nSPS) is 17.9. The van der Waals surface area contributed by atoms with Crippen molar-refractivity contribution in [1.29, 1.82) is 0 Å². The molecule has 19 heavy (non-hydrogen) atoms. The van der Waals surface area contributed by atoms with E-state index in [4.69, 9.17) is 0 Å². The van der Waals surface area contributed by atoms with Gasteiger partial charge in [-0.3, -0.25) is 0 Å². The third-order valence-electron chi connectivity index (χ3n) is 3.33. The summed E-state index contributed by atoms with van der Waals surface area (Å²) >= 11 is 1.77. The average molecular weight is 278 g/mol. The van der Waals surface area contributed by atoms with Gasteiger partial charge >= 0.3 is 0 Å². The average Bonchev–Trinajstić information content (AvgIpc) is 2.90. The van der Waals surface area contributed by atoms with Crippen molar-refractivity contribution in [2.24, 2.45) is 0 Å². The highest BCUT2D eigenvalue weighted by Gasteiger charge is 2.22. The van der Waals surface area contributed by atoms with E-state index in [9.17, 15) is 4.39 Å². The highest BCUT2D eigenvalue weighted by Crippen LogP contribution is 2.35. The van der Waals surface area contributed by atoms with Crippen molar-refractivity contribution < 1.29 is 4.39 Å². The zero-order valence-corrected chi connectivity index (χ0v) is 11.4. The molecule has 0 bridgehead atoms. The smallest absolute Gasteiger partial charge is 0.224 e. The summed E-state index contributed by atoms with van der Waals surface area (Å²) in [7, 11) is 1.72. The van der Waals surface area contributed by atoms with E-state index < -0.39 is 5.82 Å². The van der Waals surface area contributed by atoms with Crippen molar-refractivity contribution >= 4 is 23.1 Å². The van der Waals surface area contributed by atoms with Crippen molar-refractivity contribution in [2.75, 3.05) is 17.7 Å². The molecule has 2 aromatic heterocycles. The van der Waals surface area contributed by atoms with Crippen LogP contribution in [0.4, 0.5) is 16.2 Å². The Kier molecular flexibility index (Phi) is 3.33. The van der Waals surface area contributed by atoms with Gasteiger partial charge in [-0.1, -0.05) is 0 Å². The monoisotopic (exact) mass is 278 g/mol. The molecular formula is C13H15FN4S. The molecule has 2 aromatic rings. The second-order valence-corrected chi connectivity index (χ2v) is 5.53. The Bertz CT molecular complexity index is 584. The number of anilines is 2. The van der Waals surface area contributed by atoms with Crippen molar-refractivity contribution in [3.63, 3.8) is 0 Å². The third-order valence-corrected chi connectivity index (χ3v) is 4.33. The van der Waals surface area contributed by atoms with E-state index >= 15 is 0 Å². The van der Waals surface area contributed by atoms with Gasteiger partial charge in [-0.25, -0.2) is 9.37 Å². The molecule has 0 fully saturated rings. The van der Waals surface area contributed by atoms with Crippen molar-refractivity contribution in [1.82, 2.24) is 9.97 Å². The second-order valence-electron chi connectivity index (χ2n) is 4.53. The molecule has 2 N–H and O–H groups in total. The molecule has 100 valence electrons. The summed E-state index contributed by atoms with van der Waals surface area (Å²) < 4.78 is 13.8.